The number of fused-ring (bicyclic) bond motifs is 1. The number of amides is 1. The molecule has 0 unspecified atom stereocenters. The zero-order chi connectivity index (χ0) is 18.3. The average molecular weight is 436 g/mol. The van der Waals surface area contributed by atoms with Gasteiger partial charge < -0.3 is 9.73 Å². The van der Waals surface area contributed by atoms with Gasteiger partial charge in [0.05, 0.1) is 33.9 Å². The van der Waals surface area contributed by atoms with Gasteiger partial charge in [0.15, 0.2) is 15.6 Å². The van der Waals surface area contributed by atoms with Gasteiger partial charge in [-0.3, -0.25) is 9.48 Å². The summed E-state index contributed by atoms with van der Waals surface area (Å²) in [4.78, 5) is 12.7. The van der Waals surface area contributed by atoms with E-state index in [9.17, 15) is 13.2 Å². The van der Waals surface area contributed by atoms with E-state index in [2.05, 4.69) is 26.3 Å². The highest BCUT2D eigenvalue weighted by atomic mass is 79.9. The Hall–Kier alpha value is -2.39. The molecule has 0 saturated heterocycles. The first-order valence-electron chi connectivity index (χ1n) is 7.81. The van der Waals surface area contributed by atoms with Gasteiger partial charge in [-0.25, -0.2) is 8.42 Å². The molecule has 0 bridgehead atoms. The van der Waals surface area contributed by atoms with Crippen LogP contribution in [0.3, 0.4) is 0 Å². The first-order chi connectivity index (χ1) is 12.4. The van der Waals surface area contributed by atoms with Crippen LogP contribution in [0.4, 0.5) is 0 Å². The van der Waals surface area contributed by atoms with Gasteiger partial charge in [0, 0.05) is 6.20 Å². The van der Waals surface area contributed by atoms with E-state index in [1.54, 1.807) is 53.5 Å². The van der Waals surface area contributed by atoms with Gasteiger partial charge in [0.2, 0.25) is 0 Å². The topological polar surface area (TPSA) is 94.2 Å². The van der Waals surface area contributed by atoms with Crippen molar-refractivity contribution in [3.63, 3.8) is 0 Å². The van der Waals surface area contributed by atoms with E-state index in [0.29, 0.717) is 17.9 Å². The highest BCUT2D eigenvalue weighted by Gasteiger charge is 2.35. The molecular formula is C17H14BrN3O4S. The average Bonchev–Trinajstić information content (AvgIpc) is 3.28. The summed E-state index contributed by atoms with van der Waals surface area (Å²) in [6, 6.07) is 9.39. The van der Waals surface area contributed by atoms with Crippen LogP contribution in [-0.2, 0) is 16.4 Å². The maximum absolute atomic E-state index is 12.5. The molecule has 0 aliphatic carbocycles. The van der Waals surface area contributed by atoms with Gasteiger partial charge >= 0.3 is 0 Å². The summed E-state index contributed by atoms with van der Waals surface area (Å²) in [5, 5.41) is 6.88. The lowest BCUT2D eigenvalue weighted by Gasteiger charge is -2.11. The Kier molecular flexibility index (Phi) is 4.20. The quantitative estimate of drug-likeness (QED) is 0.679. The number of carbonyl (C=O) groups is 1. The SMILES string of the molecule is O=C(N[C@H]1CS(=O)(=O)c2ccccc21)c1ccc(Cn2cc(Br)cn2)o1. The monoisotopic (exact) mass is 435 g/mol. The molecule has 9 heteroatoms. The molecule has 3 heterocycles. The Labute approximate surface area is 158 Å². The molecule has 1 aromatic carbocycles. The molecule has 2 aromatic heterocycles. The van der Waals surface area contributed by atoms with E-state index >= 15 is 0 Å². The molecule has 3 aromatic rings. The Morgan fingerprint density at radius 3 is 2.88 bits per heavy atom. The van der Waals surface area contributed by atoms with Gasteiger partial charge in [0.25, 0.3) is 5.91 Å². The summed E-state index contributed by atoms with van der Waals surface area (Å²) >= 11 is 3.32. The standard InChI is InChI=1S/C17H14BrN3O4S/c18-11-7-19-21(8-11)9-12-5-6-15(25-12)17(22)20-14-10-26(23,24)16-4-2-1-3-13(14)16/h1-8,14H,9-10H2,(H,20,22)/t14-/m0/s1. The molecule has 0 spiro atoms. The zero-order valence-electron chi connectivity index (χ0n) is 13.4. The number of hydrogen-bond acceptors (Lipinski definition) is 5. The highest BCUT2D eigenvalue weighted by Crippen LogP contribution is 2.33. The number of carbonyl (C=O) groups excluding carboxylic acids is 1. The number of halogens is 1. The molecule has 1 atom stereocenters. The van der Waals surface area contributed by atoms with Crippen molar-refractivity contribution in [2.45, 2.75) is 17.5 Å². The smallest absolute Gasteiger partial charge is 0.287 e. The van der Waals surface area contributed by atoms with Crippen molar-refractivity contribution >= 4 is 31.7 Å². The van der Waals surface area contributed by atoms with Crippen molar-refractivity contribution in [3.8, 4) is 0 Å². The Morgan fingerprint density at radius 2 is 2.12 bits per heavy atom. The van der Waals surface area contributed by atoms with Crippen LogP contribution in [0.5, 0.6) is 0 Å². The maximum Gasteiger partial charge on any atom is 0.287 e. The van der Waals surface area contributed by atoms with Crippen LogP contribution in [0.25, 0.3) is 0 Å². The Morgan fingerprint density at radius 1 is 1.31 bits per heavy atom. The summed E-state index contributed by atoms with van der Waals surface area (Å²) < 4.78 is 32.5. The summed E-state index contributed by atoms with van der Waals surface area (Å²) in [5.41, 5.74) is 0.606. The minimum absolute atomic E-state index is 0.132. The van der Waals surface area contributed by atoms with Crippen LogP contribution in [0.1, 0.15) is 27.9 Å². The number of benzene rings is 1. The van der Waals surface area contributed by atoms with Gasteiger partial charge in [0.1, 0.15) is 5.76 Å². The number of furan rings is 1. The summed E-state index contributed by atoms with van der Waals surface area (Å²) in [7, 11) is -3.38. The Bertz CT molecular complexity index is 1090. The molecule has 1 aliphatic rings. The third kappa shape index (κ3) is 3.19. The van der Waals surface area contributed by atoms with Crippen LogP contribution in [0.15, 0.2) is 62.6 Å². The van der Waals surface area contributed by atoms with Crippen molar-refractivity contribution in [2.75, 3.05) is 5.75 Å². The molecular weight excluding hydrogens is 422 g/mol. The third-order valence-electron chi connectivity index (χ3n) is 4.13. The first kappa shape index (κ1) is 17.0. The molecule has 7 nitrogen and oxygen atoms in total. The van der Waals surface area contributed by atoms with Crippen molar-refractivity contribution in [2.24, 2.45) is 0 Å². The van der Waals surface area contributed by atoms with Crippen LogP contribution >= 0.6 is 15.9 Å². The van der Waals surface area contributed by atoms with E-state index in [4.69, 9.17) is 4.42 Å². The molecule has 0 fully saturated rings. The molecule has 0 radical (unpaired) electrons. The molecule has 1 amide bonds. The van der Waals surface area contributed by atoms with Crippen molar-refractivity contribution in [3.05, 3.63) is 70.3 Å². The lowest BCUT2D eigenvalue weighted by atomic mass is 10.1. The van der Waals surface area contributed by atoms with E-state index < -0.39 is 21.8 Å². The predicted molar refractivity (Wildman–Crippen MR) is 96.4 cm³/mol. The number of rotatable bonds is 4. The number of nitrogens with zero attached hydrogens (tertiary/aromatic N) is 2. The zero-order valence-corrected chi connectivity index (χ0v) is 15.8. The molecule has 4 rings (SSSR count). The summed E-state index contributed by atoms with van der Waals surface area (Å²) in [6.45, 7) is 0.388. The highest BCUT2D eigenvalue weighted by molar-refractivity contribution is 9.10. The number of aromatic nitrogens is 2. The largest absolute Gasteiger partial charge is 0.454 e. The van der Waals surface area contributed by atoms with Gasteiger partial charge in [-0.05, 0) is 39.7 Å². The fourth-order valence-corrected chi connectivity index (χ4v) is 5.03. The van der Waals surface area contributed by atoms with E-state index in [1.165, 1.54) is 0 Å². The second kappa shape index (κ2) is 6.40. The van der Waals surface area contributed by atoms with Crippen LogP contribution in [0.2, 0.25) is 0 Å². The molecule has 26 heavy (non-hydrogen) atoms. The maximum atomic E-state index is 12.5. The molecule has 1 aliphatic heterocycles. The summed E-state index contributed by atoms with van der Waals surface area (Å²) in [5.74, 6) is 0.112. The predicted octanol–water partition coefficient (Wildman–Crippen LogP) is 2.55. The van der Waals surface area contributed by atoms with E-state index in [-0.39, 0.29) is 16.4 Å². The molecule has 0 saturated carbocycles. The van der Waals surface area contributed by atoms with Crippen LogP contribution < -0.4 is 5.32 Å². The molecule has 1 N–H and O–H groups in total. The first-order valence-corrected chi connectivity index (χ1v) is 10.3. The van der Waals surface area contributed by atoms with Gasteiger partial charge in [-0.1, -0.05) is 18.2 Å². The normalized spacial score (nSPS) is 17.8. The fourth-order valence-electron chi connectivity index (χ4n) is 2.97. The van der Waals surface area contributed by atoms with Crippen molar-refractivity contribution in [1.82, 2.24) is 15.1 Å². The molecule has 134 valence electrons. The van der Waals surface area contributed by atoms with E-state index in [1.807, 2.05) is 0 Å². The van der Waals surface area contributed by atoms with Gasteiger partial charge in [-0.15, -0.1) is 0 Å². The second-order valence-corrected chi connectivity index (χ2v) is 8.89. The van der Waals surface area contributed by atoms with E-state index in [0.717, 1.165) is 4.47 Å². The fraction of sp³-hybridized carbons (Fsp3) is 0.176. The third-order valence-corrected chi connectivity index (χ3v) is 6.35. The van der Waals surface area contributed by atoms with Crippen molar-refractivity contribution in [1.29, 1.82) is 0 Å². The van der Waals surface area contributed by atoms with Crippen LogP contribution in [0, 0.1) is 0 Å². The summed E-state index contributed by atoms with van der Waals surface area (Å²) in [6.07, 6.45) is 3.46. The minimum Gasteiger partial charge on any atom is -0.454 e. The minimum atomic E-state index is -3.38. The lowest BCUT2D eigenvalue weighted by Crippen LogP contribution is -2.29. The Balaban J connectivity index is 1.49. The van der Waals surface area contributed by atoms with Crippen molar-refractivity contribution < 1.29 is 17.6 Å². The number of nitrogens with one attached hydrogen (secondary N) is 1. The van der Waals surface area contributed by atoms with Gasteiger partial charge in [-0.2, -0.15) is 5.10 Å². The lowest BCUT2D eigenvalue weighted by molar-refractivity contribution is 0.0910. The number of hydrogen-bond donors (Lipinski definition) is 1. The number of sulfone groups is 1. The van der Waals surface area contributed by atoms with Crippen LogP contribution in [-0.4, -0.2) is 29.9 Å². The second-order valence-electron chi connectivity index (χ2n) is 5.97.